The van der Waals surface area contributed by atoms with Gasteiger partial charge >= 0.3 is 0 Å². The van der Waals surface area contributed by atoms with Crippen LogP contribution in [0.5, 0.6) is 0 Å². The van der Waals surface area contributed by atoms with Crippen LogP contribution in [0.3, 0.4) is 0 Å². The molecule has 0 aliphatic heterocycles. The van der Waals surface area contributed by atoms with Crippen LogP contribution in [0.2, 0.25) is 0 Å². The lowest BCUT2D eigenvalue weighted by molar-refractivity contribution is 0.921. The van der Waals surface area contributed by atoms with Gasteiger partial charge in [-0.3, -0.25) is 4.98 Å². The van der Waals surface area contributed by atoms with E-state index < -0.39 is 0 Å². The lowest BCUT2D eigenvalue weighted by Gasteiger charge is -2.09. The molecule has 100 valence electrons. The van der Waals surface area contributed by atoms with Gasteiger partial charge in [-0.2, -0.15) is 0 Å². The zero-order valence-corrected chi connectivity index (χ0v) is 12.0. The number of hydrogen-bond donors (Lipinski definition) is 0. The van der Waals surface area contributed by atoms with Crippen molar-refractivity contribution in [3.05, 3.63) is 60.3 Å². The Morgan fingerprint density at radius 1 is 1.00 bits per heavy atom. The molecule has 0 amide bonds. The SMILES string of the molecule is Cc1ccc(-c2cccc(-c3cncn3C)c2)c(C)n1. The second-order valence-corrected chi connectivity index (χ2v) is 5.06. The lowest BCUT2D eigenvalue weighted by Crippen LogP contribution is -1.92. The third kappa shape index (κ3) is 2.23. The maximum absolute atomic E-state index is 4.54. The standard InChI is InChI=1S/C17H17N3/c1-12-7-8-16(13(2)19-12)14-5-4-6-15(9-14)17-10-18-11-20(17)3/h4-11H,1-3H3. The lowest BCUT2D eigenvalue weighted by atomic mass is 10.0. The molecule has 0 saturated carbocycles. The summed E-state index contributed by atoms with van der Waals surface area (Å²) in [5, 5.41) is 0. The molecule has 2 aromatic heterocycles. The molecule has 0 spiro atoms. The normalized spacial score (nSPS) is 10.8. The van der Waals surface area contributed by atoms with Crippen molar-refractivity contribution in [2.75, 3.05) is 0 Å². The van der Waals surface area contributed by atoms with Crippen molar-refractivity contribution >= 4 is 0 Å². The number of benzene rings is 1. The summed E-state index contributed by atoms with van der Waals surface area (Å²) in [5.74, 6) is 0. The highest BCUT2D eigenvalue weighted by Gasteiger charge is 2.07. The van der Waals surface area contributed by atoms with Crippen molar-refractivity contribution in [3.63, 3.8) is 0 Å². The number of aromatic nitrogens is 3. The van der Waals surface area contributed by atoms with Crippen molar-refractivity contribution in [3.8, 4) is 22.4 Å². The summed E-state index contributed by atoms with van der Waals surface area (Å²) >= 11 is 0. The van der Waals surface area contributed by atoms with E-state index in [1.165, 1.54) is 16.7 Å². The number of nitrogens with zero attached hydrogens (tertiary/aromatic N) is 3. The molecule has 0 unspecified atom stereocenters. The fourth-order valence-electron chi connectivity index (χ4n) is 2.47. The van der Waals surface area contributed by atoms with Crippen molar-refractivity contribution < 1.29 is 0 Å². The summed E-state index contributed by atoms with van der Waals surface area (Å²) in [6.07, 6.45) is 3.71. The van der Waals surface area contributed by atoms with Crippen molar-refractivity contribution in [2.24, 2.45) is 7.05 Å². The fourth-order valence-corrected chi connectivity index (χ4v) is 2.47. The average molecular weight is 263 g/mol. The van der Waals surface area contributed by atoms with Crippen molar-refractivity contribution in [1.29, 1.82) is 0 Å². The van der Waals surface area contributed by atoms with Gasteiger partial charge in [0, 0.05) is 29.6 Å². The third-order valence-corrected chi connectivity index (χ3v) is 3.51. The topological polar surface area (TPSA) is 30.7 Å². The van der Waals surface area contributed by atoms with Gasteiger partial charge in [-0.05, 0) is 31.5 Å². The van der Waals surface area contributed by atoms with Gasteiger partial charge in [0.25, 0.3) is 0 Å². The van der Waals surface area contributed by atoms with Crippen molar-refractivity contribution in [1.82, 2.24) is 14.5 Å². The quantitative estimate of drug-likeness (QED) is 0.704. The molecule has 0 bridgehead atoms. The van der Waals surface area contributed by atoms with E-state index in [1.807, 2.05) is 31.1 Å². The smallest absolute Gasteiger partial charge is 0.0948 e. The summed E-state index contributed by atoms with van der Waals surface area (Å²) in [5.41, 5.74) is 6.77. The Morgan fingerprint density at radius 2 is 1.80 bits per heavy atom. The monoisotopic (exact) mass is 263 g/mol. The van der Waals surface area contributed by atoms with E-state index in [1.54, 1.807) is 0 Å². The zero-order chi connectivity index (χ0) is 14.1. The van der Waals surface area contributed by atoms with E-state index in [-0.39, 0.29) is 0 Å². The van der Waals surface area contributed by atoms with E-state index in [2.05, 4.69) is 53.3 Å². The molecule has 20 heavy (non-hydrogen) atoms. The van der Waals surface area contributed by atoms with Gasteiger partial charge in [0.1, 0.15) is 0 Å². The summed E-state index contributed by atoms with van der Waals surface area (Å²) in [7, 11) is 2.01. The first-order valence-electron chi connectivity index (χ1n) is 6.66. The molecule has 3 nitrogen and oxygen atoms in total. The molecule has 3 rings (SSSR count). The van der Waals surface area contributed by atoms with E-state index in [0.717, 1.165) is 17.1 Å². The minimum Gasteiger partial charge on any atom is -0.334 e. The van der Waals surface area contributed by atoms with Crippen LogP contribution in [0.1, 0.15) is 11.4 Å². The van der Waals surface area contributed by atoms with Gasteiger partial charge in [-0.25, -0.2) is 4.98 Å². The number of imidazole rings is 1. The van der Waals surface area contributed by atoms with Crippen LogP contribution in [0.25, 0.3) is 22.4 Å². The molecule has 0 N–H and O–H groups in total. The Balaban J connectivity index is 2.10. The minimum atomic E-state index is 1.05. The van der Waals surface area contributed by atoms with Crippen LogP contribution in [0, 0.1) is 13.8 Å². The molecule has 0 atom stereocenters. The molecule has 2 heterocycles. The number of pyridine rings is 1. The predicted octanol–water partition coefficient (Wildman–Crippen LogP) is 3.77. The summed E-state index contributed by atoms with van der Waals surface area (Å²) < 4.78 is 2.03. The van der Waals surface area contributed by atoms with Gasteiger partial charge in [-0.1, -0.05) is 24.3 Å². The molecule has 0 saturated heterocycles. The minimum absolute atomic E-state index is 1.05. The molecule has 1 aromatic carbocycles. The first kappa shape index (κ1) is 12.6. The van der Waals surface area contributed by atoms with Crippen LogP contribution >= 0.6 is 0 Å². The second-order valence-electron chi connectivity index (χ2n) is 5.06. The first-order valence-corrected chi connectivity index (χ1v) is 6.66. The van der Waals surface area contributed by atoms with Gasteiger partial charge in [-0.15, -0.1) is 0 Å². The van der Waals surface area contributed by atoms with Gasteiger partial charge < -0.3 is 4.57 Å². The van der Waals surface area contributed by atoms with Gasteiger partial charge in [0.05, 0.1) is 18.2 Å². The largest absolute Gasteiger partial charge is 0.334 e. The maximum atomic E-state index is 4.54. The summed E-state index contributed by atoms with van der Waals surface area (Å²) in [6, 6.07) is 12.7. The third-order valence-electron chi connectivity index (χ3n) is 3.51. The second kappa shape index (κ2) is 4.93. The van der Waals surface area contributed by atoms with Crippen LogP contribution in [0.4, 0.5) is 0 Å². The Hall–Kier alpha value is -2.42. The van der Waals surface area contributed by atoms with Crippen LogP contribution in [0.15, 0.2) is 48.9 Å². The molecular weight excluding hydrogens is 246 g/mol. The van der Waals surface area contributed by atoms with Crippen molar-refractivity contribution in [2.45, 2.75) is 13.8 Å². The zero-order valence-electron chi connectivity index (χ0n) is 12.0. The predicted molar refractivity (Wildman–Crippen MR) is 81.3 cm³/mol. The van der Waals surface area contributed by atoms with Crippen LogP contribution < -0.4 is 0 Å². The van der Waals surface area contributed by atoms with Crippen LogP contribution in [-0.2, 0) is 7.05 Å². The van der Waals surface area contributed by atoms with Gasteiger partial charge in [0.15, 0.2) is 0 Å². The van der Waals surface area contributed by atoms with E-state index >= 15 is 0 Å². The molecule has 0 fully saturated rings. The van der Waals surface area contributed by atoms with Crippen LogP contribution in [-0.4, -0.2) is 14.5 Å². The Labute approximate surface area is 118 Å². The number of aryl methyl sites for hydroxylation is 3. The first-order chi connectivity index (χ1) is 9.65. The average Bonchev–Trinajstić information content (AvgIpc) is 2.85. The van der Waals surface area contributed by atoms with E-state index in [9.17, 15) is 0 Å². The Morgan fingerprint density at radius 3 is 2.50 bits per heavy atom. The summed E-state index contributed by atoms with van der Waals surface area (Å²) in [6.45, 7) is 4.07. The molecule has 0 aliphatic rings. The van der Waals surface area contributed by atoms with E-state index in [0.29, 0.717) is 0 Å². The Bertz CT molecular complexity index is 756. The fraction of sp³-hybridized carbons (Fsp3) is 0.176. The molecule has 0 radical (unpaired) electrons. The highest BCUT2D eigenvalue weighted by Crippen LogP contribution is 2.27. The molecule has 3 aromatic rings. The Kier molecular flexibility index (Phi) is 3.11. The molecule has 3 heteroatoms. The summed E-state index contributed by atoms with van der Waals surface area (Å²) in [4.78, 5) is 8.72. The highest BCUT2D eigenvalue weighted by molar-refractivity contribution is 5.72. The molecule has 0 aliphatic carbocycles. The number of hydrogen-bond acceptors (Lipinski definition) is 2. The van der Waals surface area contributed by atoms with Gasteiger partial charge in [0.2, 0.25) is 0 Å². The maximum Gasteiger partial charge on any atom is 0.0948 e. The van der Waals surface area contributed by atoms with E-state index in [4.69, 9.17) is 0 Å². The molecular formula is C17H17N3. The number of rotatable bonds is 2. The highest BCUT2D eigenvalue weighted by atomic mass is 15.0.